The molecule has 2 atom stereocenters. The van der Waals surface area contributed by atoms with E-state index in [0.717, 1.165) is 14.3 Å². The first kappa shape index (κ1) is 27.2. The van der Waals surface area contributed by atoms with E-state index in [1.807, 2.05) is 19.9 Å². The lowest BCUT2D eigenvalue weighted by molar-refractivity contribution is -0.143. The van der Waals surface area contributed by atoms with Gasteiger partial charge in [-0.1, -0.05) is 43.0 Å². The van der Waals surface area contributed by atoms with Gasteiger partial charge in [-0.3, -0.25) is 18.7 Å². The SMILES string of the molecule is C[C@H]1CN(C(=O)Cn2cc(N3CCCS3(=O)=O)n3c(=O)c(OCc4ccccc4)c(C(=O)S)nc23)C[C@H](C)O1. The molecule has 0 N–H and O–H groups in total. The van der Waals surface area contributed by atoms with E-state index in [-0.39, 0.29) is 66.6 Å². The number of carbonyl (C=O) groups excluding carboxylic acids is 2. The molecule has 14 heteroatoms. The van der Waals surface area contributed by atoms with E-state index in [9.17, 15) is 22.8 Å². The highest BCUT2D eigenvalue weighted by atomic mass is 32.2. The Balaban J connectivity index is 1.62. The second kappa shape index (κ2) is 10.7. The van der Waals surface area contributed by atoms with Gasteiger partial charge in [0.15, 0.2) is 5.69 Å². The first-order valence-electron chi connectivity index (χ1n) is 12.5. The number of anilines is 1. The fraction of sp³-hybridized carbons (Fsp3) is 0.440. The van der Waals surface area contributed by atoms with Crippen molar-refractivity contribution in [1.82, 2.24) is 18.9 Å². The van der Waals surface area contributed by atoms with Crippen molar-refractivity contribution < 1.29 is 27.5 Å². The number of benzene rings is 1. The molecule has 0 spiro atoms. The molecule has 12 nitrogen and oxygen atoms in total. The van der Waals surface area contributed by atoms with Crippen molar-refractivity contribution in [3.63, 3.8) is 0 Å². The summed E-state index contributed by atoms with van der Waals surface area (Å²) in [7, 11) is -3.70. The standard InChI is InChI=1S/C25H29N5O7S2/c1-16-11-27(12-17(2)37-16)20(31)14-28-13-19(29-9-6-10-39(29,34)35)30-23(32)22(21(24(33)38)26-25(28)30)36-15-18-7-4-3-5-8-18/h3-5,7-8,13,16-17H,6,9-12,14-15H2,1-2H3,(H,33,38)/t16-,17-/m0/s1. The van der Waals surface area contributed by atoms with Gasteiger partial charge in [0.05, 0.1) is 24.2 Å². The molecule has 39 heavy (non-hydrogen) atoms. The highest BCUT2D eigenvalue weighted by molar-refractivity contribution is 7.97. The van der Waals surface area contributed by atoms with E-state index >= 15 is 0 Å². The number of fused-ring (bicyclic) bond motifs is 1. The Hall–Kier alpha value is -3.36. The molecular formula is C25H29N5O7S2. The largest absolute Gasteiger partial charge is 0.481 e. The second-order valence-electron chi connectivity index (χ2n) is 9.72. The third kappa shape index (κ3) is 5.40. The topological polar surface area (TPSA) is 133 Å². The molecule has 5 rings (SSSR count). The van der Waals surface area contributed by atoms with Crippen molar-refractivity contribution in [3.05, 3.63) is 58.1 Å². The van der Waals surface area contributed by atoms with E-state index in [2.05, 4.69) is 17.6 Å². The fourth-order valence-corrected chi connectivity index (χ4v) is 6.66. The minimum atomic E-state index is -3.70. The number of thiol groups is 1. The molecule has 2 aliphatic rings. The number of nitrogens with zero attached hydrogens (tertiary/aromatic N) is 5. The highest BCUT2D eigenvalue weighted by Gasteiger charge is 2.34. The number of rotatable bonds is 7. The lowest BCUT2D eigenvalue weighted by Crippen LogP contribution is -2.49. The maximum atomic E-state index is 13.8. The van der Waals surface area contributed by atoms with Crippen LogP contribution in [0.15, 0.2) is 41.3 Å². The first-order valence-corrected chi connectivity index (χ1v) is 14.6. The van der Waals surface area contributed by atoms with Gasteiger partial charge >= 0.3 is 5.56 Å². The van der Waals surface area contributed by atoms with Crippen molar-refractivity contribution in [2.75, 3.05) is 29.7 Å². The molecule has 208 valence electrons. The number of aromatic nitrogens is 3. The van der Waals surface area contributed by atoms with Crippen LogP contribution in [0.1, 0.15) is 36.3 Å². The maximum Gasteiger partial charge on any atom is 0.303 e. The Labute approximate surface area is 230 Å². The summed E-state index contributed by atoms with van der Waals surface area (Å²) in [6, 6.07) is 9.04. The smallest absolute Gasteiger partial charge is 0.303 e. The number of hydrogen-bond acceptors (Lipinski definition) is 8. The van der Waals surface area contributed by atoms with Gasteiger partial charge in [-0.15, -0.1) is 0 Å². The summed E-state index contributed by atoms with van der Waals surface area (Å²) >= 11 is 3.90. The molecule has 1 amide bonds. The normalized spacial score (nSPS) is 20.9. The van der Waals surface area contributed by atoms with Crippen LogP contribution in [0.2, 0.25) is 0 Å². The van der Waals surface area contributed by atoms with Gasteiger partial charge in [0.25, 0.3) is 0 Å². The number of morpholine rings is 1. The molecule has 4 heterocycles. The van der Waals surface area contributed by atoms with E-state index < -0.39 is 20.7 Å². The van der Waals surface area contributed by atoms with E-state index in [0.29, 0.717) is 19.5 Å². The molecule has 3 aromatic rings. The molecule has 0 unspecified atom stereocenters. The Kier molecular flexibility index (Phi) is 7.44. The van der Waals surface area contributed by atoms with E-state index in [1.165, 1.54) is 10.8 Å². The van der Waals surface area contributed by atoms with Gasteiger partial charge < -0.3 is 18.9 Å². The van der Waals surface area contributed by atoms with Crippen LogP contribution in [-0.4, -0.2) is 75.9 Å². The number of hydrogen-bond donors (Lipinski definition) is 1. The zero-order valence-corrected chi connectivity index (χ0v) is 23.2. The maximum absolute atomic E-state index is 13.8. The molecule has 2 aliphatic heterocycles. The van der Waals surface area contributed by atoms with Crippen molar-refractivity contribution in [2.45, 2.75) is 45.6 Å². The quantitative estimate of drug-likeness (QED) is 0.417. The number of ether oxygens (including phenoxy) is 2. The third-order valence-electron chi connectivity index (χ3n) is 6.64. The molecule has 0 saturated carbocycles. The zero-order valence-electron chi connectivity index (χ0n) is 21.5. The Morgan fingerprint density at radius 3 is 2.46 bits per heavy atom. The lowest BCUT2D eigenvalue weighted by atomic mass is 10.2. The van der Waals surface area contributed by atoms with Crippen molar-refractivity contribution in [2.24, 2.45) is 0 Å². The van der Waals surface area contributed by atoms with Crippen LogP contribution in [0.5, 0.6) is 5.75 Å². The van der Waals surface area contributed by atoms with Gasteiger partial charge in [0.2, 0.25) is 32.6 Å². The number of amides is 1. The Morgan fingerprint density at radius 2 is 1.85 bits per heavy atom. The summed E-state index contributed by atoms with van der Waals surface area (Å²) in [5.41, 5.74) is -0.347. The molecule has 2 saturated heterocycles. The summed E-state index contributed by atoms with van der Waals surface area (Å²) in [6.07, 6.45) is 1.49. The summed E-state index contributed by atoms with van der Waals surface area (Å²) < 4.78 is 40.8. The van der Waals surface area contributed by atoms with Crippen molar-refractivity contribution in [3.8, 4) is 5.75 Å². The van der Waals surface area contributed by atoms with Crippen LogP contribution in [0, 0.1) is 0 Å². The lowest BCUT2D eigenvalue weighted by Gasteiger charge is -2.35. The number of imidazole rings is 1. The van der Waals surface area contributed by atoms with Gasteiger partial charge in [-0.25, -0.2) is 17.8 Å². The molecule has 2 aromatic heterocycles. The predicted octanol–water partition coefficient (Wildman–Crippen LogP) is 1.32. The Morgan fingerprint density at radius 1 is 1.15 bits per heavy atom. The molecule has 0 aliphatic carbocycles. The zero-order chi connectivity index (χ0) is 27.9. The van der Waals surface area contributed by atoms with Gasteiger partial charge in [-0.05, 0) is 25.8 Å². The first-order chi connectivity index (χ1) is 18.5. The van der Waals surface area contributed by atoms with Crippen molar-refractivity contribution >= 4 is 45.3 Å². The predicted molar refractivity (Wildman–Crippen MR) is 146 cm³/mol. The molecular weight excluding hydrogens is 546 g/mol. The van der Waals surface area contributed by atoms with Crippen LogP contribution in [0.3, 0.4) is 0 Å². The number of sulfonamides is 1. The average molecular weight is 576 g/mol. The van der Waals surface area contributed by atoms with E-state index in [4.69, 9.17) is 9.47 Å². The van der Waals surface area contributed by atoms with E-state index in [1.54, 1.807) is 29.2 Å². The highest BCUT2D eigenvalue weighted by Crippen LogP contribution is 2.27. The Bertz CT molecular complexity index is 1580. The van der Waals surface area contributed by atoms with Crippen LogP contribution in [0.25, 0.3) is 5.78 Å². The van der Waals surface area contributed by atoms with Gasteiger partial charge in [-0.2, -0.15) is 0 Å². The molecule has 2 fully saturated rings. The summed E-state index contributed by atoms with van der Waals surface area (Å²) in [6.45, 7) is 4.44. The van der Waals surface area contributed by atoms with Crippen LogP contribution in [-0.2, 0) is 32.7 Å². The summed E-state index contributed by atoms with van der Waals surface area (Å²) in [4.78, 5) is 45.6. The monoisotopic (exact) mass is 575 g/mol. The van der Waals surface area contributed by atoms with Crippen LogP contribution < -0.4 is 14.6 Å². The van der Waals surface area contributed by atoms with Crippen LogP contribution in [0.4, 0.5) is 5.82 Å². The second-order valence-corrected chi connectivity index (χ2v) is 12.1. The minimum Gasteiger partial charge on any atom is -0.481 e. The summed E-state index contributed by atoms with van der Waals surface area (Å²) in [5.74, 6) is -0.727. The summed E-state index contributed by atoms with van der Waals surface area (Å²) in [5, 5.41) is -0.803. The molecule has 0 bridgehead atoms. The third-order valence-corrected chi connectivity index (χ3v) is 8.70. The minimum absolute atomic E-state index is 0.0260. The number of carbonyl (C=O) groups is 2. The van der Waals surface area contributed by atoms with Crippen molar-refractivity contribution in [1.29, 1.82) is 0 Å². The van der Waals surface area contributed by atoms with Crippen LogP contribution >= 0.6 is 12.6 Å². The van der Waals surface area contributed by atoms with Gasteiger partial charge in [0, 0.05) is 19.6 Å². The van der Waals surface area contributed by atoms with Gasteiger partial charge in [0.1, 0.15) is 19.0 Å². The average Bonchev–Trinajstić information content (AvgIpc) is 3.41. The molecule has 0 radical (unpaired) electrons. The molecule has 1 aromatic carbocycles. The fourth-order valence-electron chi connectivity index (χ4n) is 4.97.